The summed E-state index contributed by atoms with van der Waals surface area (Å²) >= 11 is 5.78. The third-order valence-corrected chi connectivity index (χ3v) is 2.67. The monoisotopic (exact) mass is 245 g/mol. The molecule has 2 aromatic rings. The molecule has 2 rings (SSSR count). The number of pyridine rings is 1. The summed E-state index contributed by atoms with van der Waals surface area (Å²) < 4.78 is 0. The first-order valence-corrected chi connectivity index (χ1v) is 5.78. The van der Waals surface area contributed by atoms with Crippen LogP contribution in [-0.2, 0) is 17.6 Å². The van der Waals surface area contributed by atoms with E-state index in [4.69, 9.17) is 11.6 Å². The molecule has 1 aromatic heterocycles. The van der Waals surface area contributed by atoms with E-state index in [1.165, 1.54) is 0 Å². The van der Waals surface area contributed by atoms with E-state index in [1.54, 1.807) is 18.3 Å². The average molecular weight is 246 g/mol. The molecule has 0 atom stereocenters. The van der Waals surface area contributed by atoms with Gasteiger partial charge in [0.05, 0.1) is 0 Å². The molecule has 0 spiro atoms. The molecule has 1 aromatic carbocycles. The molecule has 0 unspecified atom stereocenters. The van der Waals surface area contributed by atoms with Crippen LogP contribution in [0.1, 0.15) is 11.3 Å². The van der Waals surface area contributed by atoms with E-state index in [0.717, 1.165) is 11.3 Å². The van der Waals surface area contributed by atoms with Crippen molar-refractivity contribution in [3.05, 3.63) is 64.9 Å². The highest BCUT2D eigenvalue weighted by molar-refractivity contribution is 6.30. The maximum Gasteiger partial charge on any atom is 0.143 e. The summed E-state index contributed by atoms with van der Waals surface area (Å²) in [5, 5.41) is 0.686. The van der Waals surface area contributed by atoms with Crippen LogP contribution in [-0.4, -0.2) is 10.8 Å². The second kappa shape index (κ2) is 5.60. The normalized spacial score (nSPS) is 10.2. The van der Waals surface area contributed by atoms with Gasteiger partial charge >= 0.3 is 0 Å². The topological polar surface area (TPSA) is 30.0 Å². The molecule has 0 saturated carbocycles. The number of rotatable bonds is 4. The zero-order valence-corrected chi connectivity index (χ0v) is 10.0. The van der Waals surface area contributed by atoms with Gasteiger partial charge in [-0.1, -0.05) is 29.8 Å². The Morgan fingerprint density at radius 2 is 1.82 bits per heavy atom. The summed E-state index contributed by atoms with van der Waals surface area (Å²) in [5.41, 5.74) is 1.79. The first kappa shape index (κ1) is 11.8. The lowest BCUT2D eigenvalue weighted by Crippen LogP contribution is -2.07. The lowest BCUT2D eigenvalue weighted by Gasteiger charge is -2.01. The first-order chi connectivity index (χ1) is 8.24. The molecule has 86 valence electrons. The second-order valence-corrected chi connectivity index (χ2v) is 4.28. The van der Waals surface area contributed by atoms with Crippen LogP contribution in [0.4, 0.5) is 0 Å². The zero-order chi connectivity index (χ0) is 12.1. The quantitative estimate of drug-likeness (QED) is 0.829. The number of benzene rings is 1. The largest absolute Gasteiger partial charge is 0.299 e. The second-order valence-electron chi connectivity index (χ2n) is 3.84. The van der Waals surface area contributed by atoms with E-state index in [0.29, 0.717) is 17.9 Å². The van der Waals surface area contributed by atoms with Gasteiger partial charge in [-0.15, -0.1) is 0 Å². The molecule has 0 saturated heterocycles. The molecule has 0 aliphatic heterocycles. The van der Waals surface area contributed by atoms with Gasteiger partial charge in [-0.2, -0.15) is 0 Å². The Kier molecular flexibility index (Phi) is 3.89. The predicted octanol–water partition coefficient (Wildman–Crippen LogP) is 3.09. The molecule has 0 bridgehead atoms. The number of carbonyl (C=O) groups excluding carboxylic acids is 1. The fraction of sp³-hybridized carbons (Fsp3) is 0.143. The van der Waals surface area contributed by atoms with Gasteiger partial charge in [-0.05, 0) is 29.8 Å². The van der Waals surface area contributed by atoms with Gasteiger partial charge < -0.3 is 0 Å². The number of carbonyl (C=O) groups is 1. The number of hydrogen-bond donors (Lipinski definition) is 0. The van der Waals surface area contributed by atoms with Gasteiger partial charge in [0.15, 0.2) is 0 Å². The SMILES string of the molecule is O=C(Cc1ccc(Cl)cc1)Cc1ccccn1. The van der Waals surface area contributed by atoms with Crippen LogP contribution in [0.15, 0.2) is 48.7 Å². The van der Waals surface area contributed by atoms with Crippen LogP contribution in [0.25, 0.3) is 0 Å². The third-order valence-electron chi connectivity index (χ3n) is 2.42. The van der Waals surface area contributed by atoms with Crippen molar-refractivity contribution in [1.29, 1.82) is 0 Å². The molecular weight excluding hydrogens is 234 g/mol. The standard InChI is InChI=1S/C14H12ClNO/c15-12-6-4-11(5-7-12)9-14(17)10-13-3-1-2-8-16-13/h1-8H,9-10H2. The molecule has 1 heterocycles. The number of halogens is 1. The van der Waals surface area contributed by atoms with Crippen molar-refractivity contribution in [3.8, 4) is 0 Å². The average Bonchev–Trinajstić information content (AvgIpc) is 2.33. The van der Waals surface area contributed by atoms with Crippen molar-refractivity contribution >= 4 is 17.4 Å². The van der Waals surface area contributed by atoms with E-state index < -0.39 is 0 Å². The Hall–Kier alpha value is -1.67. The van der Waals surface area contributed by atoms with Crippen LogP contribution in [0.3, 0.4) is 0 Å². The Bertz CT molecular complexity index is 493. The van der Waals surface area contributed by atoms with Crippen LogP contribution in [0.2, 0.25) is 5.02 Å². The molecule has 0 N–H and O–H groups in total. The van der Waals surface area contributed by atoms with E-state index in [2.05, 4.69) is 4.98 Å². The van der Waals surface area contributed by atoms with Crippen molar-refractivity contribution in [2.75, 3.05) is 0 Å². The number of aromatic nitrogens is 1. The van der Waals surface area contributed by atoms with E-state index in [1.807, 2.05) is 30.3 Å². The van der Waals surface area contributed by atoms with Gasteiger partial charge in [-0.3, -0.25) is 9.78 Å². The Balaban J connectivity index is 1.96. The van der Waals surface area contributed by atoms with Gasteiger partial charge in [0.25, 0.3) is 0 Å². The lowest BCUT2D eigenvalue weighted by atomic mass is 10.1. The Morgan fingerprint density at radius 1 is 1.06 bits per heavy atom. The smallest absolute Gasteiger partial charge is 0.143 e. The number of ketones is 1. The Morgan fingerprint density at radius 3 is 2.47 bits per heavy atom. The number of hydrogen-bond acceptors (Lipinski definition) is 2. The number of Topliss-reactive ketones (excluding diaryl/α,β-unsaturated/α-hetero) is 1. The van der Waals surface area contributed by atoms with Crippen LogP contribution in [0.5, 0.6) is 0 Å². The summed E-state index contributed by atoms with van der Waals surface area (Å²) in [5.74, 6) is 0.158. The molecule has 0 fully saturated rings. The lowest BCUT2D eigenvalue weighted by molar-refractivity contribution is -0.117. The van der Waals surface area contributed by atoms with E-state index >= 15 is 0 Å². The van der Waals surface area contributed by atoms with Gasteiger partial charge in [0, 0.05) is 29.8 Å². The van der Waals surface area contributed by atoms with Gasteiger partial charge in [-0.25, -0.2) is 0 Å². The summed E-state index contributed by atoms with van der Waals surface area (Å²) in [6, 6.07) is 12.9. The molecule has 17 heavy (non-hydrogen) atoms. The third kappa shape index (κ3) is 3.68. The summed E-state index contributed by atoms with van der Waals surface area (Å²) in [7, 11) is 0. The van der Waals surface area contributed by atoms with Crippen molar-refractivity contribution in [2.24, 2.45) is 0 Å². The summed E-state index contributed by atoms with van der Waals surface area (Å²) in [6.45, 7) is 0. The highest BCUT2D eigenvalue weighted by Gasteiger charge is 2.05. The van der Waals surface area contributed by atoms with Gasteiger partial charge in [0.2, 0.25) is 0 Å². The first-order valence-electron chi connectivity index (χ1n) is 5.40. The molecule has 2 nitrogen and oxygen atoms in total. The maximum absolute atomic E-state index is 11.8. The minimum Gasteiger partial charge on any atom is -0.299 e. The fourth-order valence-corrected chi connectivity index (χ4v) is 1.72. The molecule has 0 aliphatic rings. The minimum atomic E-state index is 0.158. The number of nitrogens with zero attached hydrogens (tertiary/aromatic N) is 1. The van der Waals surface area contributed by atoms with Gasteiger partial charge in [0.1, 0.15) is 5.78 Å². The van der Waals surface area contributed by atoms with Crippen LogP contribution in [0, 0.1) is 0 Å². The minimum absolute atomic E-state index is 0.158. The van der Waals surface area contributed by atoms with Crippen LogP contribution >= 0.6 is 11.6 Å². The van der Waals surface area contributed by atoms with E-state index in [9.17, 15) is 4.79 Å². The van der Waals surface area contributed by atoms with Crippen LogP contribution < -0.4 is 0 Å². The highest BCUT2D eigenvalue weighted by atomic mass is 35.5. The molecule has 3 heteroatoms. The highest BCUT2D eigenvalue weighted by Crippen LogP contribution is 2.10. The fourth-order valence-electron chi connectivity index (χ4n) is 1.60. The summed E-state index contributed by atoms with van der Waals surface area (Å²) in [6.07, 6.45) is 2.50. The van der Waals surface area contributed by atoms with Crippen molar-refractivity contribution in [2.45, 2.75) is 12.8 Å². The predicted molar refractivity (Wildman–Crippen MR) is 68.1 cm³/mol. The van der Waals surface area contributed by atoms with E-state index in [-0.39, 0.29) is 5.78 Å². The Labute approximate surface area is 105 Å². The maximum atomic E-state index is 11.8. The van der Waals surface area contributed by atoms with Crippen molar-refractivity contribution in [1.82, 2.24) is 4.98 Å². The molecule has 0 radical (unpaired) electrons. The molecule has 0 amide bonds. The zero-order valence-electron chi connectivity index (χ0n) is 9.27. The van der Waals surface area contributed by atoms with Crippen molar-refractivity contribution < 1.29 is 4.79 Å². The molecule has 0 aliphatic carbocycles. The summed E-state index contributed by atoms with van der Waals surface area (Å²) in [4.78, 5) is 15.9. The molecular formula is C14H12ClNO. The van der Waals surface area contributed by atoms with Crippen molar-refractivity contribution in [3.63, 3.8) is 0 Å².